The van der Waals surface area contributed by atoms with Crippen molar-refractivity contribution in [2.45, 2.75) is 0 Å². The van der Waals surface area contributed by atoms with Gasteiger partial charge in [0.05, 0.1) is 7.11 Å². The van der Waals surface area contributed by atoms with E-state index in [4.69, 9.17) is 13.6 Å². The highest BCUT2D eigenvalue weighted by atomic mass is 16.5. The molecule has 0 N–H and O–H groups in total. The molecule has 30 heavy (non-hydrogen) atoms. The Hall–Kier alpha value is -3.74. The second kappa shape index (κ2) is 7.59. The molecule has 5 rings (SSSR count). The topological polar surface area (TPSA) is 72.0 Å². The number of carbonyl (C=O) groups excluding carboxylic acids is 1. The van der Waals surface area contributed by atoms with Crippen LogP contribution in [0.1, 0.15) is 10.6 Å². The Labute approximate surface area is 173 Å². The Balaban J connectivity index is 1.25. The molecular weight excluding hydrogens is 382 g/mol. The first kappa shape index (κ1) is 18.3. The monoisotopic (exact) mass is 403 g/mol. The van der Waals surface area contributed by atoms with Gasteiger partial charge in [0, 0.05) is 31.7 Å². The van der Waals surface area contributed by atoms with Crippen LogP contribution >= 0.6 is 0 Å². The average molecular weight is 403 g/mol. The molecule has 0 unspecified atom stereocenters. The van der Waals surface area contributed by atoms with E-state index in [1.165, 1.54) is 0 Å². The molecule has 2 aromatic heterocycles. The van der Waals surface area contributed by atoms with E-state index in [0.717, 1.165) is 22.4 Å². The van der Waals surface area contributed by atoms with Crippen molar-refractivity contribution in [3.8, 4) is 17.1 Å². The summed E-state index contributed by atoms with van der Waals surface area (Å²) in [7, 11) is 1.63. The maximum Gasteiger partial charge on any atom is 0.298 e. The lowest BCUT2D eigenvalue weighted by molar-refractivity contribution is 0.0714. The SMILES string of the molecule is COc1ccc(-c2ccc(C(=O)N3CCN(c4nc5ccccc5o4)CC3)o2)cc1. The Morgan fingerprint density at radius 3 is 2.43 bits per heavy atom. The van der Waals surface area contributed by atoms with Gasteiger partial charge in [0.1, 0.15) is 17.0 Å². The van der Waals surface area contributed by atoms with E-state index in [-0.39, 0.29) is 5.91 Å². The molecular formula is C23H21N3O4. The summed E-state index contributed by atoms with van der Waals surface area (Å²) >= 11 is 0. The third kappa shape index (κ3) is 3.39. The van der Waals surface area contributed by atoms with Gasteiger partial charge in [-0.25, -0.2) is 0 Å². The largest absolute Gasteiger partial charge is 0.497 e. The number of nitrogens with zero attached hydrogens (tertiary/aromatic N) is 3. The van der Waals surface area contributed by atoms with Gasteiger partial charge in [-0.1, -0.05) is 12.1 Å². The molecule has 1 amide bonds. The first-order valence-electron chi connectivity index (χ1n) is 9.85. The number of fused-ring (bicyclic) bond motifs is 1. The lowest BCUT2D eigenvalue weighted by Crippen LogP contribution is -2.48. The van der Waals surface area contributed by atoms with Gasteiger partial charge in [0.15, 0.2) is 11.3 Å². The Morgan fingerprint density at radius 1 is 0.933 bits per heavy atom. The van der Waals surface area contributed by atoms with Crippen molar-refractivity contribution in [2.75, 3.05) is 38.2 Å². The number of furan rings is 1. The van der Waals surface area contributed by atoms with E-state index in [9.17, 15) is 4.79 Å². The first-order valence-corrected chi connectivity index (χ1v) is 9.85. The number of methoxy groups -OCH3 is 1. The van der Waals surface area contributed by atoms with Crippen LogP contribution in [0.2, 0.25) is 0 Å². The van der Waals surface area contributed by atoms with E-state index < -0.39 is 0 Å². The highest BCUT2D eigenvalue weighted by molar-refractivity contribution is 5.92. The number of rotatable bonds is 4. The zero-order valence-corrected chi connectivity index (χ0v) is 16.6. The summed E-state index contributed by atoms with van der Waals surface area (Å²) in [5.41, 5.74) is 2.51. The third-order valence-corrected chi connectivity index (χ3v) is 5.31. The number of anilines is 1. The van der Waals surface area contributed by atoms with Gasteiger partial charge in [-0.05, 0) is 48.5 Å². The van der Waals surface area contributed by atoms with Crippen LogP contribution in [0.5, 0.6) is 5.75 Å². The Kier molecular flexibility index (Phi) is 4.63. The third-order valence-electron chi connectivity index (χ3n) is 5.31. The van der Waals surface area contributed by atoms with E-state index >= 15 is 0 Å². The second-order valence-corrected chi connectivity index (χ2v) is 7.14. The number of amides is 1. The standard InChI is InChI=1S/C23H21N3O4/c1-28-17-8-6-16(7-9-17)19-10-11-21(29-19)22(27)25-12-14-26(15-13-25)23-24-18-4-2-3-5-20(18)30-23/h2-11H,12-15H2,1H3. The molecule has 4 aromatic rings. The summed E-state index contributed by atoms with van der Waals surface area (Å²) in [6.45, 7) is 2.47. The minimum atomic E-state index is -0.105. The predicted octanol–water partition coefficient (Wildman–Crippen LogP) is 4.06. The molecule has 0 saturated carbocycles. The highest BCUT2D eigenvalue weighted by Crippen LogP contribution is 2.26. The smallest absolute Gasteiger partial charge is 0.298 e. The van der Waals surface area contributed by atoms with Crippen LogP contribution in [-0.4, -0.2) is 49.1 Å². The molecule has 0 bridgehead atoms. The molecule has 3 heterocycles. The molecule has 1 saturated heterocycles. The Morgan fingerprint density at radius 2 is 1.70 bits per heavy atom. The molecule has 1 aliphatic rings. The van der Waals surface area contributed by atoms with E-state index in [1.807, 2.05) is 54.6 Å². The minimum Gasteiger partial charge on any atom is -0.497 e. The van der Waals surface area contributed by atoms with E-state index in [0.29, 0.717) is 43.7 Å². The number of aromatic nitrogens is 1. The normalized spacial score (nSPS) is 14.3. The second-order valence-electron chi connectivity index (χ2n) is 7.14. The van der Waals surface area contributed by atoms with Crippen LogP contribution in [0.3, 0.4) is 0 Å². The number of oxazole rings is 1. The zero-order valence-electron chi connectivity index (χ0n) is 16.6. The Bertz CT molecular complexity index is 1140. The van der Waals surface area contributed by atoms with Crippen LogP contribution in [0.15, 0.2) is 69.5 Å². The number of hydrogen-bond acceptors (Lipinski definition) is 6. The van der Waals surface area contributed by atoms with Gasteiger partial charge < -0.3 is 23.4 Å². The maximum absolute atomic E-state index is 12.9. The van der Waals surface area contributed by atoms with Crippen molar-refractivity contribution in [1.82, 2.24) is 9.88 Å². The lowest BCUT2D eigenvalue weighted by atomic mass is 10.2. The van der Waals surface area contributed by atoms with Crippen LogP contribution < -0.4 is 9.64 Å². The molecule has 7 heteroatoms. The quantitative estimate of drug-likeness (QED) is 0.512. The van der Waals surface area contributed by atoms with Crippen LogP contribution in [0.4, 0.5) is 6.01 Å². The van der Waals surface area contributed by atoms with Gasteiger partial charge >= 0.3 is 0 Å². The van der Waals surface area contributed by atoms with Crippen molar-refractivity contribution in [1.29, 1.82) is 0 Å². The number of piperazine rings is 1. The molecule has 7 nitrogen and oxygen atoms in total. The van der Waals surface area contributed by atoms with Crippen LogP contribution in [0.25, 0.3) is 22.4 Å². The molecule has 1 aliphatic heterocycles. The minimum absolute atomic E-state index is 0.105. The van der Waals surface area contributed by atoms with Gasteiger partial charge in [0.25, 0.3) is 11.9 Å². The molecule has 2 aromatic carbocycles. The van der Waals surface area contributed by atoms with Gasteiger partial charge in [-0.2, -0.15) is 4.98 Å². The average Bonchev–Trinajstić information content (AvgIpc) is 3.46. The van der Waals surface area contributed by atoms with Gasteiger partial charge in [0.2, 0.25) is 0 Å². The molecule has 152 valence electrons. The summed E-state index contributed by atoms with van der Waals surface area (Å²) in [4.78, 5) is 21.3. The lowest BCUT2D eigenvalue weighted by Gasteiger charge is -2.33. The van der Waals surface area contributed by atoms with Gasteiger partial charge in [-0.15, -0.1) is 0 Å². The molecule has 0 radical (unpaired) electrons. The summed E-state index contributed by atoms with van der Waals surface area (Å²) < 4.78 is 16.9. The van der Waals surface area contributed by atoms with Crippen molar-refractivity contribution < 1.29 is 18.4 Å². The fourth-order valence-electron chi connectivity index (χ4n) is 3.62. The van der Waals surface area contributed by atoms with Crippen LogP contribution in [0, 0.1) is 0 Å². The molecule has 0 aliphatic carbocycles. The van der Waals surface area contributed by atoms with Gasteiger partial charge in [-0.3, -0.25) is 4.79 Å². The number of benzene rings is 2. The molecule has 0 spiro atoms. The fraction of sp³-hybridized carbons (Fsp3) is 0.217. The molecule has 0 atom stereocenters. The number of para-hydroxylation sites is 2. The fourth-order valence-corrected chi connectivity index (χ4v) is 3.62. The zero-order chi connectivity index (χ0) is 20.5. The highest BCUT2D eigenvalue weighted by Gasteiger charge is 2.26. The van der Waals surface area contributed by atoms with Crippen molar-refractivity contribution in [3.63, 3.8) is 0 Å². The maximum atomic E-state index is 12.9. The van der Waals surface area contributed by atoms with Crippen molar-refractivity contribution in [2.24, 2.45) is 0 Å². The summed E-state index contributed by atoms with van der Waals surface area (Å²) in [6, 6.07) is 19.4. The molecule has 1 fully saturated rings. The van der Waals surface area contributed by atoms with Crippen LogP contribution in [-0.2, 0) is 0 Å². The predicted molar refractivity (Wildman–Crippen MR) is 113 cm³/mol. The summed E-state index contributed by atoms with van der Waals surface area (Å²) in [5, 5.41) is 0. The van der Waals surface area contributed by atoms with E-state index in [1.54, 1.807) is 18.1 Å². The number of ether oxygens (including phenoxy) is 1. The summed E-state index contributed by atoms with van der Waals surface area (Å²) in [6.07, 6.45) is 0. The van der Waals surface area contributed by atoms with E-state index in [2.05, 4.69) is 9.88 Å². The van der Waals surface area contributed by atoms with Crippen molar-refractivity contribution in [3.05, 3.63) is 66.4 Å². The number of carbonyl (C=O) groups is 1. The van der Waals surface area contributed by atoms with Crippen molar-refractivity contribution >= 4 is 23.0 Å². The first-order chi connectivity index (χ1) is 14.7. The number of hydrogen-bond donors (Lipinski definition) is 0. The summed E-state index contributed by atoms with van der Waals surface area (Å²) in [5.74, 6) is 1.67.